The number of nitrogens with zero attached hydrogens (tertiary/aromatic N) is 4. The predicted molar refractivity (Wildman–Crippen MR) is 118 cm³/mol. The molecule has 1 aliphatic heterocycles. The van der Waals surface area contributed by atoms with Crippen LogP contribution in [0.1, 0.15) is 25.2 Å². The van der Waals surface area contributed by atoms with Crippen molar-refractivity contribution in [3.05, 3.63) is 58.5 Å². The van der Waals surface area contributed by atoms with Gasteiger partial charge in [0.25, 0.3) is 0 Å². The summed E-state index contributed by atoms with van der Waals surface area (Å²) in [4.78, 5) is 24.2. The normalized spacial score (nSPS) is 19.7. The second-order valence-corrected chi connectivity index (χ2v) is 8.37. The number of aromatic nitrogens is 3. The van der Waals surface area contributed by atoms with Gasteiger partial charge < -0.3 is 19.0 Å². The van der Waals surface area contributed by atoms with Crippen molar-refractivity contribution < 1.29 is 4.42 Å². The number of nitrogens with one attached hydrogen (secondary N) is 1. The fourth-order valence-electron chi connectivity index (χ4n) is 4.46. The van der Waals surface area contributed by atoms with Gasteiger partial charge in [0.15, 0.2) is 11.4 Å². The molecule has 0 radical (unpaired) electrons. The van der Waals surface area contributed by atoms with Gasteiger partial charge in [0.1, 0.15) is 5.69 Å². The van der Waals surface area contributed by atoms with Crippen LogP contribution < -0.4 is 15.8 Å². The third kappa shape index (κ3) is 3.25. The molecule has 154 valence electrons. The zero-order valence-electron chi connectivity index (χ0n) is 17.6. The lowest BCUT2D eigenvalue weighted by Gasteiger charge is -2.37. The zero-order chi connectivity index (χ0) is 21.0. The van der Waals surface area contributed by atoms with Crippen LogP contribution in [0.3, 0.4) is 0 Å². The highest BCUT2D eigenvalue weighted by atomic mass is 16.4. The average molecular weight is 403 g/mol. The third-order valence-corrected chi connectivity index (χ3v) is 5.65. The van der Waals surface area contributed by atoms with E-state index in [0.717, 1.165) is 41.2 Å². The Balaban J connectivity index is 1.56. The number of rotatable bonds is 2. The fourth-order valence-corrected chi connectivity index (χ4v) is 4.46. The first-order valence-electron chi connectivity index (χ1n) is 10.3. The van der Waals surface area contributed by atoms with Crippen molar-refractivity contribution in [1.29, 1.82) is 0 Å². The molecule has 5 rings (SSSR count). The molecule has 0 aliphatic carbocycles. The average Bonchev–Trinajstić information content (AvgIpc) is 3.11. The number of fused-ring (bicyclic) bond motifs is 2. The minimum Gasteiger partial charge on any atom is -0.421 e. The molecule has 0 amide bonds. The van der Waals surface area contributed by atoms with E-state index in [1.54, 1.807) is 0 Å². The van der Waals surface area contributed by atoms with E-state index in [1.165, 1.54) is 0 Å². The van der Waals surface area contributed by atoms with Crippen molar-refractivity contribution >= 4 is 22.1 Å². The van der Waals surface area contributed by atoms with Crippen LogP contribution in [-0.4, -0.2) is 39.5 Å². The molecular weight excluding hydrogens is 378 g/mol. The summed E-state index contributed by atoms with van der Waals surface area (Å²) >= 11 is 0. The third-order valence-electron chi connectivity index (χ3n) is 5.65. The molecule has 0 saturated carbocycles. The van der Waals surface area contributed by atoms with E-state index in [9.17, 15) is 4.79 Å². The standard InChI is InChI=1S/C23H25N5O2/c1-13-9-27(10-14(2)24-13)18-6-5-17-7-21(30-23(29)19(17)8-18)20-12-28-11-15(3)25-16(4)22(28)26-20/h5-8,11-14,24H,9-10H2,1-4H3/t13-,14+. The maximum Gasteiger partial charge on any atom is 0.344 e. The summed E-state index contributed by atoms with van der Waals surface area (Å²) < 4.78 is 7.60. The van der Waals surface area contributed by atoms with Crippen LogP contribution >= 0.6 is 0 Å². The van der Waals surface area contributed by atoms with Crippen molar-refractivity contribution in [2.75, 3.05) is 18.0 Å². The van der Waals surface area contributed by atoms with Crippen molar-refractivity contribution in [2.45, 2.75) is 39.8 Å². The van der Waals surface area contributed by atoms with Gasteiger partial charge in [-0.05, 0) is 51.3 Å². The second-order valence-electron chi connectivity index (χ2n) is 8.37. The van der Waals surface area contributed by atoms with E-state index in [0.29, 0.717) is 28.9 Å². The van der Waals surface area contributed by atoms with Crippen molar-refractivity contribution in [3.63, 3.8) is 0 Å². The topological polar surface area (TPSA) is 75.7 Å². The minimum atomic E-state index is -0.344. The summed E-state index contributed by atoms with van der Waals surface area (Å²) in [5.74, 6) is 0.463. The molecule has 0 unspecified atom stereocenters. The first-order valence-corrected chi connectivity index (χ1v) is 10.3. The minimum absolute atomic E-state index is 0.344. The van der Waals surface area contributed by atoms with Gasteiger partial charge in [-0.15, -0.1) is 0 Å². The first kappa shape index (κ1) is 18.8. The molecule has 7 nitrogen and oxygen atoms in total. The Morgan fingerprint density at radius 1 is 1.07 bits per heavy atom. The van der Waals surface area contributed by atoms with Crippen molar-refractivity contribution in [2.24, 2.45) is 0 Å². The molecule has 1 fully saturated rings. The van der Waals surface area contributed by atoms with Crippen LogP contribution in [0.5, 0.6) is 0 Å². The van der Waals surface area contributed by atoms with E-state index in [2.05, 4.69) is 40.1 Å². The number of anilines is 1. The summed E-state index contributed by atoms with van der Waals surface area (Å²) in [6, 6.07) is 8.71. The second kappa shape index (κ2) is 6.95. The molecular formula is C23H25N5O2. The predicted octanol–water partition coefficient (Wildman–Crippen LogP) is 3.31. The highest BCUT2D eigenvalue weighted by Crippen LogP contribution is 2.26. The largest absolute Gasteiger partial charge is 0.421 e. The van der Waals surface area contributed by atoms with E-state index in [-0.39, 0.29) is 5.63 Å². The summed E-state index contributed by atoms with van der Waals surface area (Å²) in [6.07, 6.45) is 3.79. The first-order chi connectivity index (χ1) is 14.4. The molecule has 3 aromatic heterocycles. The van der Waals surface area contributed by atoms with Gasteiger partial charge in [-0.3, -0.25) is 4.98 Å². The van der Waals surface area contributed by atoms with Gasteiger partial charge in [0, 0.05) is 43.3 Å². The SMILES string of the molecule is Cc1cn2cc(-c3cc4ccc(N5C[C@@H](C)N[C@@H](C)C5)cc4c(=O)o3)nc2c(C)n1. The van der Waals surface area contributed by atoms with Gasteiger partial charge in [-0.2, -0.15) is 0 Å². The van der Waals surface area contributed by atoms with Crippen LogP contribution in [0.2, 0.25) is 0 Å². The highest BCUT2D eigenvalue weighted by Gasteiger charge is 2.22. The molecule has 4 aromatic rings. The highest BCUT2D eigenvalue weighted by molar-refractivity contribution is 5.87. The number of aryl methyl sites for hydroxylation is 2. The van der Waals surface area contributed by atoms with Crippen LogP contribution in [0, 0.1) is 13.8 Å². The summed E-state index contributed by atoms with van der Waals surface area (Å²) in [5.41, 5.74) is 3.84. The molecule has 0 spiro atoms. The number of benzene rings is 1. The quantitative estimate of drug-likeness (QED) is 0.553. The van der Waals surface area contributed by atoms with Crippen molar-refractivity contribution in [3.8, 4) is 11.5 Å². The maximum atomic E-state index is 12.8. The van der Waals surface area contributed by atoms with E-state index >= 15 is 0 Å². The molecule has 1 saturated heterocycles. The summed E-state index contributed by atoms with van der Waals surface area (Å²) in [7, 11) is 0. The van der Waals surface area contributed by atoms with E-state index < -0.39 is 0 Å². The summed E-state index contributed by atoms with van der Waals surface area (Å²) in [5, 5.41) is 4.98. The Bertz CT molecular complexity index is 1310. The Labute approximate surface area is 174 Å². The van der Waals surface area contributed by atoms with Crippen LogP contribution in [0.15, 0.2) is 45.9 Å². The van der Waals surface area contributed by atoms with Crippen LogP contribution in [0.4, 0.5) is 5.69 Å². The summed E-state index contributed by atoms with van der Waals surface area (Å²) in [6.45, 7) is 10.0. The number of hydrogen-bond acceptors (Lipinski definition) is 6. The van der Waals surface area contributed by atoms with Gasteiger partial charge >= 0.3 is 5.63 Å². The van der Waals surface area contributed by atoms with Gasteiger partial charge in [0.05, 0.1) is 16.8 Å². The molecule has 0 bridgehead atoms. The van der Waals surface area contributed by atoms with Crippen molar-refractivity contribution in [1.82, 2.24) is 19.7 Å². The lowest BCUT2D eigenvalue weighted by atomic mass is 10.1. The Kier molecular flexibility index (Phi) is 4.36. The lowest BCUT2D eigenvalue weighted by Crippen LogP contribution is -2.54. The molecule has 1 aliphatic rings. The Morgan fingerprint density at radius 3 is 2.60 bits per heavy atom. The molecule has 30 heavy (non-hydrogen) atoms. The van der Waals surface area contributed by atoms with E-state index in [4.69, 9.17) is 4.42 Å². The molecule has 1 aromatic carbocycles. The maximum absolute atomic E-state index is 12.8. The molecule has 2 atom stereocenters. The number of hydrogen-bond donors (Lipinski definition) is 1. The Morgan fingerprint density at radius 2 is 1.83 bits per heavy atom. The fraction of sp³-hybridized carbons (Fsp3) is 0.348. The van der Waals surface area contributed by atoms with E-state index in [1.807, 2.05) is 48.8 Å². The van der Waals surface area contributed by atoms with Gasteiger partial charge in [-0.25, -0.2) is 9.78 Å². The molecule has 4 heterocycles. The van der Waals surface area contributed by atoms with Gasteiger partial charge in [-0.1, -0.05) is 6.07 Å². The monoisotopic (exact) mass is 403 g/mol. The zero-order valence-corrected chi connectivity index (χ0v) is 17.6. The number of imidazole rings is 1. The van der Waals surface area contributed by atoms with Crippen LogP contribution in [-0.2, 0) is 0 Å². The molecule has 1 N–H and O–H groups in total. The number of piperazine rings is 1. The van der Waals surface area contributed by atoms with Crippen LogP contribution in [0.25, 0.3) is 27.9 Å². The molecule has 7 heteroatoms. The lowest BCUT2D eigenvalue weighted by molar-refractivity contribution is 0.407. The Hall–Kier alpha value is -3.19. The van der Waals surface area contributed by atoms with Gasteiger partial charge in [0.2, 0.25) is 0 Å². The smallest absolute Gasteiger partial charge is 0.344 e.